The molecule has 0 aliphatic heterocycles. The fourth-order valence-corrected chi connectivity index (χ4v) is 6.91. The molecule has 5 rings (SSSR count). The largest absolute Gasteiger partial charge is 0.328 e. The molecule has 4 aliphatic carbocycles. The Morgan fingerprint density at radius 3 is 2.67 bits per heavy atom. The number of anilines is 1. The highest BCUT2D eigenvalue weighted by Gasteiger charge is 2.57. The van der Waals surface area contributed by atoms with Gasteiger partial charge in [-0.05, 0) is 62.7 Å². The number of amides is 1. The third-order valence-corrected chi connectivity index (χ3v) is 6.35. The molecule has 0 saturated heterocycles. The quantitative estimate of drug-likeness (QED) is 0.845. The van der Waals surface area contributed by atoms with Gasteiger partial charge in [0.05, 0.1) is 0 Å². The summed E-state index contributed by atoms with van der Waals surface area (Å²) in [6.45, 7) is 1.74. The fraction of sp³-hybridized carbons (Fsp3) is 0.800. The standard InChI is InChI=1S/C15H20BrN3O2/c1-9-17-13(21-19-9)18-12(20)7-14-3-10-2-11(4-14)6-15(16,5-10)8-14/h10-11H,2-8H2,1H3,(H,17,18,19,20)/t10-,11-,14?,15?/m1/s1. The monoisotopic (exact) mass is 353 g/mol. The van der Waals surface area contributed by atoms with Crippen LogP contribution in [-0.2, 0) is 4.79 Å². The van der Waals surface area contributed by atoms with E-state index in [9.17, 15) is 4.79 Å². The molecule has 4 aliphatic rings. The molecule has 0 spiro atoms. The highest BCUT2D eigenvalue weighted by atomic mass is 79.9. The first-order chi connectivity index (χ1) is 9.94. The van der Waals surface area contributed by atoms with E-state index in [1.165, 1.54) is 32.1 Å². The lowest BCUT2D eigenvalue weighted by atomic mass is 9.48. The van der Waals surface area contributed by atoms with E-state index < -0.39 is 0 Å². The Hall–Kier alpha value is -0.910. The van der Waals surface area contributed by atoms with Gasteiger partial charge in [-0.2, -0.15) is 4.98 Å². The van der Waals surface area contributed by atoms with Gasteiger partial charge in [-0.3, -0.25) is 10.1 Å². The van der Waals surface area contributed by atoms with Crippen molar-refractivity contribution in [2.75, 3.05) is 5.32 Å². The van der Waals surface area contributed by atoms with Crippen molar-refractivity contribution in [3.63, 3.8) is 0 Å². The van der Waals surface area contributed by atoms with Crippen LogP contribution in [0.4, 0.5) is 6.01 Å². The molecule has 1 aromatic rings. The van der Waals surface area contributed by atoms with Crippen LogP contribution in [0.15, 0.2) is 4.52 Å². The van der Waals surface area contributed by atoms with Crippen LogP contribution >= 0.6 is 15.9 Å². The first kappa shape index (κ1) is 13.7. The van der Waals surface area contributed by atoms with E-state index in [1.807, 2.05) is 0 Å². The Morgan fingerprint density at radius 2 is 2.10 bits per heavy atom. The average molecular weight is 354 g/mol. The van der Waals surface area contributed by atoms with E-state index in [0.29, 0.717) is 16.6 Å². The number of carbonyl (C=O) groups is 1. The zero-order chi connectivity index (χ0) is 14.7. The highest BCUT2D eigenvalue weighted by molar-refractivity contribution is 9.10. The van der Waals surface area contributed by atoms with Gasteiger partial charge in [-0.25, -0.2) is 0 Å². The lowest BCUT2D eigenvalue weighted by Gasteiger charge is -2.60. The van der Waals surface area contributed by atoms with Gasteiger partial charge >= 0.3 is 6.01 Å². The number of nitrogens with one attached hydrogen (secondary N) is 1. The number of aromatic nitrogens is 2. The van der Waals surface area contributed by atoms with Gasteiger partial charge in [0, 0.05) is 10.7 Å². The molecule has 6 heteroatoms. The summed E-state index contributed by atoms with van der Waals surface area (Å²) in [4.78, 5) is 16.4. The van der Waals surface area contributed by atoms with E-state index in [4.69, 9.17) is 4.52 Å². The van der Waals surface area contributed by atoms with Gasteiger partial charge in [0.1, 0.15) is 0 Å². The molecule has 1 aromatic heterocycles. The molecule has 1 heterocycles. The Bertz CT molecular complexity index is 571. The number of rotatable bonds is 3. The van der Waals surface area contributed by atoms with Crippen LogP contribution in [-0.4, -0.2) is 20.4 Å². The van der Waals surface area contributed by atoms with E-state index in [1.54, 1.807) is 6.92 Å². The topological polar surface area (TPSA) is 68.0 Å². The van der Waals surface area contributed by atoms with Crippen molar-refractivity contribution in [1.82, 2.24) is 10.1 Å². The van der Waals surface area contributed by atoms with Gasteiger partial charge in [0.25, 0.3) is 0 Å². The first-order valence-corrected chi connectivity index (χ1v) is 8.52. The number of aryl methyl sites for hydroxylation is 1. The van der Waals surface area contributed by atoms with E-state index in [0.717, 1.165) is 18.3 Å². The van der Waals surface area contributed by atoms with Crippen molar-refractivity contribution in [3.05, 3.63) is 5.82 Å². The maximum Gasteiger partial charge on any atom is 0.328 e. The molecule has 2 atom stereocenters. The van der Waals surface area contributed by atoms with Crippen LogP contribution in [0.5, 0.6) is 0 Å². The van der Waals surface area contributed by atoms with E-state index in [2.05, 4.69) is 31.4 Å². The minimum Gasteiger partial charge on any atom is -0.315 e. The Labute approximate surface area is 132 Å². The number of nitrogens with zero attached hydrogens (tertiary/aromatic N) is 2. The normalized spacial score (nSPS) is 40.5. The number of halogens is 1. The second-order valence-corrected chi connectivity index (χ2v) is 9.17. The number of carbonyl (C=O) groups excluding carboxylic acids is 1. The third kappa shape index (κ3) is 2.51. The molecular weight excluding hydrogens is 334 g/mol. The lowest BCUT2D eigenvalue weighted by molar-refractivity contribution is -0.123. The average Bonchev–Trinajstić information content (AvgIpc) is 2.69. The summed E-state index contributed by atoms with van der Waals surface area (Å²) in [7, 11) is 0. The minimum absolute atomic E-state index is 0.0108. The van der Waals surface area contributed by atoms with Gasteiger partial charge < -0.3 is 4.52 Å². The number of hydrogen-bond donors (Lipinski definition) is 1. The second kappa shape index (κ2) is 4.54. The predicted octanol–water partition coefficient (Wildman–Crippen LogP) is 3.44. The molecule has 4 bridgehead atoms. The van der Waals surface area contributed by atoms with Crippen LogP contribution in [0.3, 0.4) is 0 Å². The van der Waals surface area contributed by atoms with Gasteiger partial charge in [0.2, 0.25) is 5.91 Å². The molecule has 4 fully saturated rings. The molecule has 0 aromatic carbocycles. The summed E-state index contributed by atoms with van der Waals surface area (Å²) in [6, 6.07) is 0.218. The molecule has 0 unspecified atom stereocenters. The van der Waals surface area contributed by atoms with Crippen molar-refractivity contribution < 1.29 is 9.32 Å². The molecule has 1 amide bonds. The highest BCUT2D eigenvalue weighted by Crippen LogP contribution is 2.65. The summed E-state index contributed by atoms with van der Waals surface area (Å²) in [5, 5.41) is 6.45. The van der Waals surface area contributed by atoms with Crippen molar-refractivity contribution in [3.8, 4) is 0 Å². The SMILES string of the molecule is Cc1noc(NC(=O)CC23C[C@H]4C[C@@H](CC(Br)(C4)C2)C3)n1. The van der Waals surface area contributed by atoms with Gasteiger partial charge in [-0.15, -0.1) is 0 Å². The second-order valence-electron chi connectivity index (χ2n) is 7.48. The zero-order valence-electron chi connectivity index (χ0n) is 12.2. The third-order valence-electron chi connectivity index (χ3n) is 5.42. The van der Waals surface area contributed by atoms with Crippen LogP contribution < -0.4 is 5.32 Å². The number of alkyl halides is 1. The van der Waals surface area contributed by atoms with Crippen molar-refractivity contribution in [2.24, 2.45) is 17.3 Å². The fourth-order valence-electron chi connectivity index (χ4n) is 5.39. The van der Waals surface area contributed by atoms with Crippen molar-refractivity contribution in [2.45, 2.75) is 56.2 Å². The van der Waals surface area contributed by atoms with Gasteiger partial charge in [0.15, 0.2) is 5.82 Å². The first-order valence-electron chi connectivity index (χ1n) is 7.73. The summed E-state index contributed by atoms with van der Waals surface area (Å²) < 4.78 is 5.26. The maximum absolute atomic E-state index is 12.4. The molecule has 21 heavy (non-hydrogen) atoms. The molecule has 1 N–H and O–H groups in total. The smallest absolute Gasteiger partial charge is 0.315 e. The van der Waals surface area contributed by atoms with Crippen LogP contribution in [0, 0.1) is 24.2 Å². The Morgan fingerprint density at radius 1 is 1.38 bits per heavy atom. The predicted molar refractivity (Wildman–Crippen MR) is 81.1 cm³/mol. The molecule has 4 saturated carbocycles. The van der Waals surface area contributed by atoms with Crippen LogP contribution in [0.25, 0.3) is 0 Å². The summed E-state index contributed by atoms with van der Waals surface area (Å²) >= 11 is 3.98. The summed E-state index contributed by atoms with van der Waals surface area (Å²) in [5.41, 5.74) is 0.173. The van der Waals surface area contributed by atoms with Crippen molar-refractivity contribution in [1.29, 1.82) is 0 Å². The van der Waals surface area contributed by atoms with E-state index in [-0.39, 0.29) is 17.3 Å². The Balaban J connectivity index is 1.47. The molecular formula is C15H20BrN3O2. The molecule has 114 valence electrons. The summed E-state index contributed by atoms with van der Waals surface area (Å²) in [6.07, 6.45) is 8.04. The van der Waals surface area contributed by atoms with Crippen LogP contribution in [0.1, 0.15) is 50.8 Å². The maximum atomic E-state index is 12.4. The minimum atomic E-state index is 0.0108. The zero-order valence-corrected chi connectivity index (χ0v) is 13.8. The number of hydrogen-bond acceptors (Lipinski definition) is 4. The van der Waals surface area contributed by atoms with Gasteiger partial charge in [-0.1, -0.05) is 21.1 Å². The lowest BCUT2D eigenvalue weighted by Crippen LogP contribution is -2.53. The Kier molecular flexibility index (Phi) is 2.97. The van der Waals surface area contributed by atoms with E-state index >= 15 is 0 Å². The van der Waals surface area contributed by atoms with Crippen molar-refractivity contribution >= 4 is 27.9 Å². The van der Waals surface area contributed by atoms with Crippen LogP contribution in [0.2, 0.25) is 0 Å². The molecule has 0 radical (unpaired) electrons. The summed E-state index contributed by atoms with van der Waals surface area (Å²) in [5.74, 6) is 2.14. The molecule has 5 nitrogen and oxygen atoms in total.